The van der Waals surface area contributed by atoms with Gasteiger partial charge < -0.3 is 9.97 Å². The highest BCUT2D eigenvalue weighted by Crippen LogP contribution is 2.29. The first kappa shape index (κ1) is 16.6. The molecule has 4 aromatic carbocycles. The minimum Gasteiger partial charge on any atom is -0.318 e. The first-order chi connectivity index (χ1) is 14.9. The lowest BCUT2D eigenvalue weighted by atomic mass is 10.0. The molecule has 6 nitrogen and oxygen atoms in total. The Morgan fingerprint density at radius 3 is 1.30 bits per heavy atom. The Hall–Kier alpha value is -4.32. The van der Waals surface area contributed by atoms with Gasteiger partial charge >= 0.3 is 0 Å². The quantitative estimate of drug-likeness (QED) is 0.435. The second kappa shape index (κ2) is 6.63. The van der Waals surface area contributed by atoms with Gasteiger partial charge in [0.05, 0.1) is 0 Å². The molecule has 30 heavy (non-hydrogen) atoms. The molecule has 2 heterocycles. The SMILES string of the molecule is c1ccc2c(-c3nnc(-c4nnc(-c5cccc6ccccc56)[nH]4)[nH]3)cccc2c1. The standard InChI is InChI=1S/C24H16N6/c1-3-11-17-15(7-1)9-5-13-19(17)21-25-23(29-27-21)24-26-22(28-30-24)20-14-6-10-16-8-2-4-12-18(16)20/h1-14H,(H,25,27,29)(H,26,28,30). The summed E-state index contributed by atoms with van der Waals surface area (Å²) in [6.45, 7) is 0. The summed E-state index contributed by atoms with van der Waals surface area (Å²) in [6, 6.07) is 28.7. The minimum atomic E-state index is 0.553. The van der Waals surface area contributed by atoms with E-state index < -0.39 is 0 Å². The van der Waals surface area contributed by atoms with E-state index in [0.29, 0.717) is 23.3 Å². The second-order valence-corrected chi connectivity index (χ2v) is 7.10. The lowest BCUT2D eigenvalue weighted by Gasteiger charge is -2.03. The number of H-pyrrole nitrogens is 2. The summed E-state index contributed by atoms with van der Waals surface area (Å²) >= 11 is 0. The molecular weight excluding hydrogens is 372 g/mol. The average Bonchev–Trinajstić information content (AvgIpc) is 3.48. The van der Waals surface area contributed by atoms with E-state index in [1.165, 1.54) is 0 Å². The van der Waals surface area contributed by atoms with Gasteiger partial charge in [-0.3, -0.25) is 0 Å². The maximum atomic E-state index is 4.35. The van der Waals surface area contributed by atoms with Gasteiger partial charge in [0.25, 0.3) is 0 Å². The fraction of sp³-hybridized carbons (Fsp3) is 0. The third-order valence-corrected chi connectivity index (χ3v) is 5.29. The molecule has 0 saturated carbocycles. The van der Waals surface area contributed by atoms with E-state index in [1.807, 2.05) is 48.5 Å². The van der Waals surface area contributed by atoms with Crippen LogP contribution in [-0.4, -0.2) is 30.4 Å². The molecule has 0 saturated heterocycles. The molecule has 0 radical (unpaired) electrons. The van der Waals surface area contributed by atoms with Crippen LogP contribution < -0.4 is 0 Å². The maximum absolute atomic E-state index is 4.35. The van der Waals surface area contributed by atoms with Gasteiger partial charge in [-0.15, -0.1) is 20.4 Å². The Balaban J connectivity index is 1.41. The zero-order chi connectivity index (χ0) is 19.9. The Labute approximate surface area is 171 Å². The van der Waals surface area contributed by atoms with Crippen molar-refractivity contribution in [2.24, 2.45) is 0 Å². The van der Waals surface area contributed by atoms with Crippen LogP contribution in [0.15, 0.2) is 84.9 Å². The molecule has 6 heteroatoms. The van der Waals surface area contributed by atoms with Crippen molar-refractivity contribution in [2.75, 3.05) is 0 Å². The lowest BCUT2D eigenvalue weighted by molar-refractivity contribution is 1.05. The Morgan fingerprint density at radius 1 is 0.400 bits per heavy atom. The summed E-state index contributed by atoms with van der Waals surface area (Å²) in [5, 5.41) is 21.9. The number of nitrogens with one attached hydrogen (secondary N) is 2. The third-order valence-electron chi connectivity index (χ3n) is 5.29. The fourth-order valence-electron chi connectivity index (χ4n) is 3.84. The summed E-state index contributed by atoms with van der Waals surface area (Å²) < 4.78 is 0. The van der Waals surface area contributed by atoms with Crippen molar-refractivity contribution >= 4 is 21.5 Å². The second-order valence-electron chi connectivity index (χ2n) is 7.10. The van der Waals surface area contributed by atoms with Crippen LogP contribution in [0.25, 0.3) is 56.0 Å². The number of fused-ring (bicyclic) bond motifs is 2. The first-order valence-electron chi connectivity index (χ1n) is 9.69. The topological polar surface area (TPSA) is 83.1 Å². The van der Waals surface area contributed by atoms with E-state index in [9.17, 15) is 0 Å². The van der Waals surface area contributed by atoms with E-state index in [0.717, 1.165) is 32.7 Å². The molecule has 0 amide bonds. The average molecular weight is 388 g/mol. The predicted octanol–water partition coefficient (Wildman–Crippen LogP) is 5.23. The molecule has 0 atom stereocenters. The Morgan fingerprint density at radius 2 is 0.800 bits per heavy atom. The van der Waals surface area contributed by atoms with Gasteiger partial charge in [-0.2, -0.15) is 0 Å². The summed E-state index contributed by atoms with van der Waals surface area (Å²) in [7, 11) is 0. The monoisotopic (exact) mass is 388 g/mol. The third kappa shape index (κ3) is 2.66. The van der Waals surface area contributed by atoms with Crippen LogP contribution >= 0.6 is 0 Å². The van der Waals surface area contributed by atoms with Crippen LogP contribution in [0.2, 0.25) is 0 Å². The molecular formula is C24H16N6. The molecule has 2 aromatic heterocycles. The predicted molar refractivity (Wildman–Crippen MR) is 118 cm³/mol. The number of aromatic nitrogens is 6. The zero-order valence-electron chi connectivity index (χ0n) is 15.9. The van der Waals surface area contributed by atoms with Gasteiger partial charge in [-0.25, -0.2) is 0 Å². The minimum absolute atomic E-state index is 0.553. The molecule has 0 bridgehead atoms. The van der Waals surface area contributed by atoms with Crippen molar-refractivity contribution in [3.8, 4) is 34.4 Å². The summed E-state index contributed by atoms with van der Waals surface area (Å²) in [4.78, 5) is 6.57. The van der Waals surface area contributed by atoms with Crippen molar-refractivity contribution in [1.29, 1.82) is 0 Å². The van der Waals surface area contributed by atoms with Crippen LogP contribution in [0, 0.1) is 0 Å². The molecule has 0 aliphatic heterocycles. The van der Waals surface area contributed by atoms with Gasteiger partial charge in [0.1, 0.15) is 0 Å². The summed E-state index contributed by atoms with van der Waals surface area (Å²) in [5.41, 5.74) is 2.00. The van der Waals surface area contributed by atoms with Gasteiger partial charge in [0.2, 0.25) is 0 Å². The molecule has 0 spiro atoms. The largest absolute Gasteiger partial charge is 0.318 e. The van der Waals surface area contributed by atoms with Crippen molar-refractivity contribution < 1.29 is 0 Å². The van der Waals surface area contributed by atoms with E-state index in [4.69, 9.17) is 0 Å². The lowest BCUT2D eigenvalue weighted by Crippen LogP contribution is -1.85. The summed E-state index contributed by atoms with van der Waals surface area (Å²) in [6.07, 6.45) is 0. The smallest absolute Gasteiger partial charge is 0.199 e. The van der Waals surface area contributed by atoms with Gasteiger partial charge in [0, 0.05) is 11.1 Å². The number of benzene rings is 4. The molecule has 0 aliphatic carbocycles. The number of aromatic amines is 2. The van der Waals surface area contributed by atoms with Crippen molar-refractivity contribution in [1.82, 2.24) is 30.4 Å². The molecule has 0 fully saturated rings. The van der Waals surface area contributed by atoms with E-state index >= 15 is 0 Å². The van der Waals surface area contributed by atoms with Crippen molar-refractivity contribution in [3.63, 3.8) is 0 Å². The van der Waals surface area contributed by atoms with E-state index in [1.54, 1.807) is 0 Å². The molecule has 0 unspecified atom stereocenters. The highest BCUT2D eigenvalue weighted by Gasteiger charge is 2.15. The normalized spacial score (nSPS) is 11.3. The van der Waals surface area contributed by atoms with Crippen molar-refractivity contribution in [2.45, 2.75) is 0 Å². The van der Waals surface area contributed by atoms with Crippen LogP contribution in [0.1, 0.15) is 0 Å². The van der Waals surface area contributed by atoms with Crippen LogP contribution in [0.4, 0.5) is 0 Å². The van der Waals surface area contributed by atoms with Crippen LogP contribution in [0.5, 0.6) is 0 Å². The van der Waals surface area contributed by atoms with E-state index in [2.05, 4.69) is 66.8 Å². The zero-order valence-corrected chi connectivity index (χ0v) is 15.9. The molecule has 6 aromatic rings. The highest BCUT2D eigenvalue weighted by atomic mass is 15.3. The fourth-order valence-corrected chi connectivity index (χ4v) is 3.84. The number of nitrogens with zero attached hydrogens (tertiary/aromatic N) is 4. The van der Waals surface area contributed by atoms with Crippen molar-refractivity contribution in [3.05, 3.63) is 84.9 Å². The number of hydrogen-bond acceptors (Lipinski definition) is 4. The molecule has 6 rings (SSSR count). The summed E-state index contributed by atoms with van der Waals surface area (Å²) in [5.74, 6) is 2.50. The molecule has 0 aliphatic rings. The maximum Gasteiger partial charge on any atom is 0.199 e. The van der Waals surface area contributed by atoms with Crippen LogP contribution in [0.3, 0.4) is 0 Å². The number of rotatable bonds is 3. The van der Waals surface area contributed by atoms with Crippen LogP contribution in [-0.2, 0) is 0 Å². The highest BCUT2D eigenvalue weighted by molar-refractivity contribution is 5.96. The first-order valence-corrected chi connectivity index (χ1v) is 9.69. The Bertz CT molecular complexity index is 1380. The van der Waals surface area contributed by atoms with E-state index in [-0.39, 0.29) is 0 Å². The van der Waals surface area contributed by atoms with Gasteiger partial charge in [0.15, 0.2) is 23.3 Å². The number of hydrogen-bond donors (Lipinski definition) is 2. The Kier molecular flexibility index (Phi) is 3.67. The molecule has 2 N–H and O–H groups in total. The van der Waals surface area contributed by atoms with Gasteiger partial charge in [-0.1, -0.05) is 84.9 Å². The van der Waals surface area contributed by atoms with Gasteiger partial charge in [-0.05, 0) is 21.5 Å². The molecule has 142 valence electrons.